The highest BCUT2D eigenvalue weighted by Crippen LogP contribution is 1.85. The Morgan fingerprint density at radius 1 is 1.67 bits per heavy atom. The third kappa shape index (κ3) is 2.84. The number of hydrogen-bond acceptors (Lipinski definition) is 3. The molecule has 4 heteroatoms. The number of aromatic amines is 1. The third-order valence-electron chi connectivity index (χ3n) is 1.47. The Labute approximate surface area is 71.0 Å². The Balaban J connectivity index is 2.47. The molecule has 1 aromatic rings. The van der Waals surface area contributed by atoms with Gasteiger partial charge >= 0.3 is 0 Å². The largest absolute Gasteiger partial charge is 0.313 e. The molecule has 0 aliphatic carbocycles. The van der Waals surface area contributed by atoms with Crippen LogP contribution in [0.25, 0.3) is 0 Å². The van der Waals surface area contributed by atoms with E-state index in [4.69, 9.17) is 0 Å². The van der Waals surface area contributed by atoms with Crippen LogP contribution >= 0.6 is 0 Å². The van der Waals surface area contributed by atoms with Gasteiger partial charge in [0.25, 0.3) is 5.56 Å². The van der Waals surface area contributed by atoms with Crippen molar-refractivity contribution in [2.45, 2.75) is 19.9 Å². The van der Waals surface area contributed by atoms with Gasteiger partial charge in [-0.15, -0.1) is 0 Å². The molecule has 0 atom stereocenters. The second-order valence-corrected chi connectivity index (χ2v) is 2.58. The lowest BCUT2D eigenvalue weighted by Crippen LogP contribution is -2.17. The van der Waals surface area contributed by atoms with Gasteiger partial charge in [0.1, 0.15) is 0 Å². The van der Waals surface area contributed by atoms with Crippen molar-refractivity contribution in [1.29, 1.82) is 0 Å². The summed E-state index contributed by atoms with van der Waals surface area (Å²) in [4.78, 5) is 17.3. The van der Waals surface area contributed by atoms with E-state index < -0.39 is 0 Å². The lowest BCUT2D eigenvalue weighted by molar-refractivity contribution is 0.662. The topological polar surface area (TPSA) is 57.8 Å². The lowest BCUT2D eigenvalue weighted by Gasteiger charge is -2.00. The highest BCUT2D eigenvalue weighted by atomic mass is 16.1. The second kappa shape index (κ2) is 4.66. The van der Waals surface area contributed by atoms with Crippen molar-refractivity contribution in [3.8, 4) is 0 Å². The number of H-pyrrole nitrogens is 1. The van der Waals surface area contributed by atoms with Crippen LogP contribution in [-0.2, 0) is 6.54 Å². The summed E-state index contributed by atoms with van der Waals surface area (Å²) in [5.74, 6) is 0. The maximum atomic E-state index is 10.8. The zero-order valence-electron chi connectivity index (χ0n) is 7.13. The van der Waals surface area contributed by atoms with Crippen molar-refractivity contribution in [3.05, 3.63) is 28.4 Å². The Morgan fingerprint density at radius 3 is 3.17 bits per heavy atom. The Kier molecular flexibility index (Phi) is 3.47. The van der Waals surface area contributed by atoms with E-state index in [-0.39, 0.29) is 5.56 Å². The number of nitrogens with zero attached hydrogens (tertiary/aromatic N) is 1. The van der Waals surface area contributed by atoms with Gasteiger partial charge < -0.3 is 10.3 Å². The molecular formula is C8H13N3O. The van der Waals surface area contributed by atoms with Crippen LogP contribution in [0.1, 0.15) is 19.0 Å². The van der Waals surface area contributed by atoms with Crippen molar-refractivity contribution >= 4 is 0 Å². The van der Waals surface area contributed by atoms with Gasteiger partial charge in [0.15, 0.2) is 0 Å². The van der Waals surface area contributed by atoms with Gasteiger partial charge in [-0.1, -0.05) is 6.92 Å². The quantitative estimate of drug-likeness (QED) is 0.633. The predicted octanol–water partition coefficient (Wildman–Crippen LogP) is 0.269. The van der Waals surface area contributed by atoms with E-state index in [9.17, 15) is 4.79 Å². The summed E-state index contributed by atoms with van der Waals surface area (Å²) < 4.78 is 0. The van der Waals surface area contributed by atoms with Crippen LogP contribution in [0.15, 0.2) is 17.2 Å². The van der Waals surface area contributed by atoms with E-state index in [1.165, 1.54) is 12.4 Å². The first-order chi connectivity index (χ1) is 5.83. The standard InChI is InChI=1S/C8H13N3O/c1-2-3-9-5-7-4-8(12)11-6-10-7/h4,6,9H,2-3,5H2,1H3,(H,10,11,12). The first-order valence-electron chi connectivity index (χ1n) is 4.07. The van der Waals surface area contributed by atoms with E-state index in [2.05, 4.69) is 22.2 Å². The minimum absolute atomic E-state index is 0.0988. The van der Waals surface area contributed by atoms with Gasteiger partial charge in [-0.3, -0.25) is 4.79 Å². The molecule has 12 heavy (non-hydrogen) atoms. The summed E-state index contributed by atoms with van der Waals surface area (Å²) in [6.07, 6.45) is 2.51. The smallest absolute Gasteiger partial charge is 0.250 e. The molecule has 0 saturated carbocycles. The van der Waals surface area contributed by atoms with Gasteiger partial charge in [-0.05, 0) is 13.0 Å². The third-order valence-corrected chi connectivity index (χ3v) is 1.47. The fraction of sp³-hybridized carbons (Fsp3) is 0.500. The molecule has 1 heterocycles. The number of hydrogen-bond donors (Lipinski definition) is 2. The highest BCUT2D eigenvalue weighted by Gasteiger charge is 1.92. The summed E-state index contributed by atoms with van der Waals surface area (Å²) in [5, 5.41) is 3.16. The van der Waals surface area contributed by atoms with Crippen molar-refractivity contribution in [2.24, 2.45) is 0 Å². The van der Waals surface area contributed by atoms with Crippen LogP contribution in [0, 0.1) is 0 Å². The van der Waals surface area contributed by atoms with Crippen LogP contribution < -0.4 is 10.9 Å². The molecule has 2 N–H and O–H groups in total. The van der Waals surface area contributed by atoms with E-state index in [1.807, 2.05) is 0 Å². The molecule has 66 valence electrons. The molecule has 0 radical (unpaired) electrons. The summed E-state index contributed by atoms with van der Waals surface area (Å²) in [7, 11) is 0. The van der Waals surface area contributed by atoms with E-state index in [0.29, 0.717) is 6.54 Å². The van der Waals surface area contributed by atoms with E-state index in [1.54, 1.807) is 0 Å². The van der Waals surface area contributed by atoms with Gasteiger partial charge in [0.05, 0.1) is 12.0 Å². The molecular weight excluding hydrogens is 154 g/mol. The molecule has 0 bridgehead atoms. The monoisotopic (exact) mass is 167 g/mol. The van der Waals surface area contributed by atoms with Crippen LogP contribution in [-0.4, -0.2) is 16.5 Å². The maximum Gasteiger partial charge on any atom is 0.250 e. The molecule has 0 amide bonds. The molecule has 1 rings (SSSR count). The summed E-state index contributed by atoms with van der Waals surface area (Å²) >= 11 is 0. The molecule has 0 saturated heterocycles. The number of nitrogens with one attached hydrogen (secondary N) is 2. The molecule has 1 aromatic heterocycles. The van der Waals surface area contributed by atoms with Gasteiger partial charge in [0.2, 0.25) is 0 Å². The number of aromatic nitrogens is 2. The Hall–Kier alpha value is -1.16. The molecule has 0 aromatic carbocycles. The molecule has 0 aliphatic rings. The molecule has 0 fully saturated rings. The number of rotatable bonds is 4. The van der Waals surface area contributed by atoms with Crippen LogP contribution in [0.5, 0.6) is 0 Å². The molecule has 0 spiro atoms. The average molecular weight is 167 g/mol. The maximum absolute atomic E-state index is 10.8. The average Bonchev–Trinajstić information content (AvgIpc) is 2.05. The van der Waals surface area contributed by atoms with Crippen molar-refractivity contribution in [1.82, 2.24) is 15.3 Å². The Morgan fingerprint density at radius 2 is 2.50 bits per heavy atom. The SMILES string of the molecule is CCCNCc1cc(=O)[nH]cn1. The Bertz CT molecular complexity index is 282. The predicted molar refractivity (Wildman–Crippen MR) is 46.9 cm³/mol. The molecule has 0 aliphatic heterocycles. The second-order valence-electron chi connectivity index (χ2n) is 2.58. The minimum atomic E-state index is -0.0988. The van der Waals surface area contributed by atoms with Crippen molar-refractivity contribution in [2.75, 3.05) is 6.54 Å². The van der Waals surface area contributed by atoms with Crippen LogP contribution in [0.3, 0.4) is 0 Å². The van der Waals surface area contributed by atoms with Gasteiger partial charge in [-0.2, -0.15) is 0 Å². The first-order valence-corrected chi connectivity index (χ1v) is 4.07. The minimum Gasteiger partial charge on any atom is -0.313 e. The zero-order valence-corrected chi connectivity index (χ0v) is 7.13. The summed E-state index contributed by atoms with van der Waals surface area (Å²) in [5.41, 5.74) is 0.686. The highest BCUT2D eigenvalue weighted by molar-refractivity contribution is 4.97. The van der Waals surface area contributed by atoms with Crippen LogP contribution in [0.2, 0.25) is 0 Å². The fourth-order valence-corrected chi connectivity index (χ4v) is 0.899. The van der Waals surface area contributed by atoms with Gasteiger partial charge in [0, 0.05) is 12.6 Å². The summed E-state index contributed by atoms with van der Waals surface area (Å²) in [6, 6.07) is 1.50. The zero-order chi connectivity index (χ0) is 8.81. The molecule has 4 nitrogen and oxygen atoms in total. The van der Waals surface area contributed by atoms with Crippen molar-refractivity contribution < 1.29 is 0 Å². The van der Waals surface area contributed by atoms with Crippen molar-refractivity contribution in [3.63, 3.8) is 0 Å². The lowest BCUT2D eigenvalue weighted by atomic mass is 10.4. The fourth-order valence-electron chi connectivity index (χ4n) is 0.899. The first kappa shape index (κ1) is 8.93. The van der Waals surface area contributed by atoms with Crippen LogP contribution in [0.4, 0.5) is 0 Å². The molecule has 0 unspecified atom stereocenters. The summed E-state index contributed by atoms with van der Waals surface area (Å²) in [6.45, 7) is 3.71. The van der Waals surface area contributed by atoms with E-state index in [0.717, 1.165) is 18.7 Å². The van der Waals surface area contributed by atoms with E-state index >= 15 is 0 Å². The normalized spacial score (nSPS) is 10.1. The van der Waals surface area contributed by atoms with Gasteiger partial charge in [-0.25, -0.2) is 4.98 Å².